The third-order valence-corrected chi connectivity index (χ3v) is 2.97. The van der Waals surface area contributed by atoms with Crippen molar-refractivity contribution in [2.75, 3.05) is 7.05 Å². The Bertz CT molecular complexity index is 483. The van der Waals surface area contributed by atoms with Gasteiger partial charge in [-0.2, -0.15) is 0 Å². The number of rotatable bonds is 4. The van der Waals surface area contributed by atoms with Crippen LogP contribution in [-0.2, 0) is 4.79 Å². The topological polar surface area (TPSA) is 46.2 Å². The molecule has 0 aliphatic heterocycles. The number of thioether (sulfide) groups is 1. The predicted molar refractivity (Wildman–Crippen MR) is 76.5 cm³/mol. The third-order valence-electron chi connectivity index (χ3n) is 1.92. The van der Waals surface area contributed by atoms with Gasteiger partial charge in [-0.25, -0.2) is 0 Å². The van der Waals surface area contributed by atoms with Crippen LogP contribution in [0.15, 0.2) is 46.3 Å². The number of carbonyl (C=O) groups is 2. The van der Waals surface area contributed by atoms with Gasteiger partial charge in [-0.1, -0.05) is 41.9 Å². The van der Waals surface area contributed by atoms with Crippen molar-refractivity contribution in [1.82, 2.24) is 5.32 Å². The fourth-order valence-corrected chi connectivity index (χ4v) is 1.99. The number of benzene rings is 1. The van der Waals surface area contributed by atoms with Crippen LogP contribution in [0.4, 0.5) is 4.79 Å². The van der Waals surface area contributed by atoms with Crippen molar-refractivity contribution in [2.24, 2.45) is 0 Å². The minimum absolute atomic E-state index is 0.256. The fraction of sp³-hybridized carbons (Fsp3) is 0.0769. The number of allylic oxidation sites excluding steroid dienone is 3. The number of hydrogen-bond donors (Lipinski definition) is 1. The van der Waals surface area contributed by atoms with E-state index in [0.717, 1.165) is 17.3 Å². The van der Waals surface area contributed by atoms with Crippen LogP contribution < -0.4 is 5.32 Å². The Morgan fingerprint density at radius 1 is 1.33 bits per heavy atom. The zero-order valence-corrected chi connectivity index (χ0v) is 11.3. The van der Waals surface area contributed by atoms with Gasteiger partial charge in [0.2, 0.25) is 0 Å². The molecule has 0 saturated carbocycles. The van der Waals surface area contributed by atoms with Gasteiger partial charge in [-0.05, 0) is 29.5 Å². The van der Waals surface area contributed by atoms with E-state index in [-0.39, 0.29) is 10.1 Å². The van der Waals surface area contributed by atoms with E-state index in [9.17, 15) is 9.59 Å². The second kappa shape index (κ2) is 7.74. The minimum atomic E-state index is -0.308. The molecule has 18 heavy (non-hydrogen) atoms. The van der Waals surface area contributed by atoms with E-state index in [1.807, 2.05) is 30.3 Å². The van der Waals surface area contributed by atoms with Gasteiger partial charge >= 0.3 is 0 Å². The standard InChI is InChI=1S/C13H12ClNO2S/c1-15-13(17)18-12(9-16)8-11(14)7-10-5-3-2-4-6-10/h2-9H,1H3,(H,15,17)/b11-7-,12-8-. The molecular formula is C13H12ClNO2S. The Morgan fingerprint density at radius 2 is 2.00 bits per heavy atom. The van der Waals surface area contributed by atoms with Gasteiger partial charge in [-0.3, -0.25) is 9.59 Å². The molecule has 0 spiro atoms. The highest BCUT2D eigenvalue weighted by molar-refractivity contribution is 8.17. The van der Waals surface area contributed by atoms with E-state index in [1.54, 1.807) is 6.08 Å². The molecule has 94 valence electrons. The summed E-state index contributed by atoms with van der Waals surface area (Å²) in [4.78, 5) is 22.2. The largest absolute Gasteiger partial charge is 0.350 e. The lowest BCUT2D eigenvalue weighted by Gasteiger charge is -1.98. The molecule has 0 fully saturated rings. The second-order valence-electron chi connectivity index (χ2n) is 3.24. The van der Waals surface area contributed by atoms with Gasteiger partial charge in [-0.15, -0.1) is 0 Å². The minimum Gasteiger partial charge on any atom is -0.350 e. The van der Waals surface area contributed by atoms with Gasteiger partial charge in [0.05, 0.1) is 4.91 Å². The number of hydrogen-bond acceptors (Lipinski definition) is 3. The molecule has 0 saturated heterocycles. The molecule has 5 heteroatoms. The van der Waals surface area contributed by atoms with E-state index < -0.39 is 0 Å². The van der Waals surface area contributed by atoms with Crippen molar-refractivity contribution >= 4 is 41.0 Å². The summed E-state index contributed by atoms with van der Waals surface area (Å²) in [5.41, 5.74) is 0.925. The van der Waals surface area contributed by atoms with E-state index in [0.29, 0.717) is 11.3 Å². The zero-order chi connectivity index (χ0) is 13.4. The second-order valence-corrected chi connectivity index (χ2v) is 4.73. The molecule has 0 aliphatic rings. The Kier molecular flexibility index (Phi) is 6.25. The monoisotopic (exact) mass is 281 g/mol. The normalized spacial score (nSPS) is 12.1. The van der Waals surface area contributed by atoms with Crippen LogP contribution in [0.5, 0.6) is 0 Å². The van der Waals surface area contributed by atoms with Crippen LogP contribution in [0.3, 0.4) is 0 Å². The van der Waals surface area contributed by atoms with E-state index in [1.165, 1.54) is 13.1 Å². The Labute approximate surface area is 115 Å². The van der Waals surface area contributed by atoms with Crippen molar-refractivity contribution < 1.29 is 9.59 Å². The summed E-state index contributed by atoms with van der Waals surface area (Å²) in [5.74, 6) is 0. The molecular weight excluding hydrogens is 270 g/mol. The highest BCUT2D eigenvalue weighted by Gasteiger charge is 2.04. The molecule has 0 bridgehead atoms. The van der Waals surface area contributed by atoms with Crippen molar-refractivity contribution in [1.29, 1.82) is 0 Å². The third kappa shape index (κ3) is 5.21. The summed E-state index contributed by atoms with van der Waals surface area (Å²) in [6.07, 6.45) is 3.78. The van der Waals surface area contributed by atoms with Gasteiger partial charge in [0.1, 0.15) is 0 Å². The maximum absolute atomic E-state index is 11.1. The first-order chi connectivity index (χ1) is 8.65. The first-order valence-electron chi connectivity index (χ1n) is 5.14. The molecule has 0 atom stereocenters. The average Bonchev–Trinajstić information content (AvgIpc) is 2.38. The van der Waals surface area contributed by atoms with Crippen molar-refractivity contribution in [3.63, 3.8) is 0 Å². The van der Waals surface area contributed by atoms with E-state index in [4.69, 9.17) is 11.6 Å². The van der Waals surface area contributed by atoms with Crippen molar-refractivity contribution in [2.45, 2.75) is 0 Å². The molecule has 1 amide bonds. The molecule has 3 nitrogen and oxygen atoms in total. The number of carbonyl (C=O) groups excluding carboxylic acids is 2. The summed E-state index contributed by atoms with van der Waals surface area (Å²) >= 11 is 6.80. The highest BCUT2D eigenvalue weighted by atomic mass is 35.5. The number of nitrogens with one attached hydrogen (secondary N) is 1. The maximum Gasteiger partial charge on any atom is 0.283 e. The van der Waals surface area contributed by atoms with Crippen molar-refractivity contribution in [3.8, 4) is 0 Å². The summed E-state index contributed by atoms with van der Waals surface area (Å²) in [5, 5.41) is 2.50. The van der Waals surface area contributed by atoms with Crippen LogP contribution in [0.1, 0.15) is 5.56 Å². The number of aldehydes is 1. The summed E-state index contributed by atoms with van der Waals surface area (Å²) < 4.78 is 0. The first kappa shape index (κ1) is 14.5. The summed E-state index contributed by atoms with van der Waals surface area (Å²) in [7, 11) is 1.50. The van der Waals surface area contributed by atoms with Crippen LogP contribution in [0, 0.1) is 0 Å². The van der Waals surface area contributed by atoms with E-state index >= 15 is 0 Å². The predicted octanol–water partition coefficient (Wildman–Crippen LogP) is 3.42. The van der Waals surface area contributed by atoms with E-state index in [2.05, 4.69) is 5.32 Å². The molecule has 0 heterocycles. The van der Waals surface area contributed by atoms with Gasteiger partial charge < -0.3 is 5.32 Å². The first-order valence-corrected chi connectivity index (χ1v) is 6.34. The van der Waals surface area contributed by atoms with Crippen LogP contribution in [-0.4, -0.2) is 18.6 Å². The lowest BCUT2D eigenvalue weighted by Crippen LogP contribution is -2.11. The number of halogens is 1. The smallest absolute Gasteiger partial charge is 0.283 e. The molecule has 0 unspecified atom stereocenters. The molecule has 0 radical (unpaired) electrons. The van der Waals surface area contributed by atoms with Gasteiger partial charge in [0, 0.05) is 12.1 Å². The SMILES string of the molecule is CNC(=O)S/C(C=O)=C\C(Cl)=C\c1ccccc1. The highest BCUT2D eigenvalue weighted by Crippen LogP contribution is 2.19. The summed E-state index contributed by atoms with van der Waals surface area (Å²) in [6.45, 7) is 0. The lowest BCUT2D eigenvalue weighted by atomic mass is 10.2. The summed E-state index contributed by atoms with van der Waals surface area (Å²) in [6, 6.07) is 9.46. The lowest BCUT2D eigenvalue weighted by molar-refractivity contribution is -0.104. The van der Waals surface area contributed by atoms with Gasteiger partial charge in [0.25, 0.3) is 5.24 Å². The fourth-order valence-electron chi connectivity index (χ4n) is 1.13. The quantitative estimate of drug-likeness (QED) is 0.522. The molecule has 1 rings (SSSR count). The van der Waals surface area contributed by atoms with Crippen LogP contribution in [0.2, 0.25) is 0 Å². The number of amides is 1. The average molecular weight is 282 g/mol. The molecule has 1 aromatic carbocycles. The maximum atomic E-state index is 11.1. The Morgan fingerprint density at radius 3 is 2.56 bits per heavy atom. The Balaban J connectivity index is 2.82. The Hall–Kier alpha value is -1.52. The van der Waals surface area contributed by atoms with Crippen LogP contribution in [0.25, 0.3) is 6.08 Å². The van der Waals surface area contributed by atoms with Crippen molar-refractivity contribution in [3.05, 3.63) is 51.9 Å². The molecule has 1 aromatic rings. The molecule has 1 N–H and O–H groups in total. The molecule has 0 aliphatic carbocycles. The molecule has 0 aromatic heterocycles. The zero-order valence-electron chi connectivity index (χ0n) is 9.72. The van der Waals surface area contributed by atoms with Gasteiger partial charge in [0.15, 0.2) is 6.29 Å². The van der Waals surface area contributed by atoms with Crippen LogP contribution >= 0.6 is 23.4 Å².